The second-order valence-electron chi connectivity index (χ2n) is 10.1. The molecule has 0 bridgehead atoms. The molecule has 4 aromatic carbocycles. The minimum atomic E-state index is 0. The van der Waals surface area contributed by atoms with Gasteiger partial charge in [0.2, 0.25) is 0 Å². The maximum absolute atomic E-state index is 8.00. The molecule has 216 valence electrons. The molecule has 0 saturated carbocycles. The SMILES string of the molecule is C=CC1=C(C=C)Cc2ccc(-c3cccc(-c4ccc5c(c4)CCc4ccccc4C5)c3)cc2CC1.C=O.C=O.O.O. The zero-order chi connectivity index (χ0) is 28.5. The van der Waals surface area contributed by atoms with Gasteiger partial charge in [0.1, 0.15) is 13.6 Å². The summed E-state index contributed by atoms with van der Waals surface area (Å²) < 4.78 is 0. The zero-order valence-electron chi connectivity index (χ0n) is 24.1. The molecule has 0 radical (unpaired) electrons. The minimum Gasteiger partial charge on any atom is -0.412 e. The lowest BCUT2D eigenvalue weighted by molar-refractivity contribution is -0.0987. The van der Waals surface area contributed by atoms with Gasteiger partial charge in [-0.25, -0.2) is 0 Å². The third kappa shape index (κ3) is 7.16. The number of hydrogen-bond acceptors (Lipinski definition) is 2. The summed E-state index contributed by atoms with van der Waals surface area (Å²) in [5.41, 5.74) is 16.6. The molecule has 2 aliphatic carbocycles. The van der Waals surface area contributed by atoms with Crippen LogP contribution in [-0.2, 0) is 41.7 Å². The Balaban J connectivity index is 0.000000987. The largest absolute Gasteiger partial charge is 0.412 e. The van der Waals surface area contributed by atoms with Crippen LogP contribution in [-0.4, -0.2) is 24.5 Å². The van der Waals surface area contributed by atoms with Gasteiger partial charge in [0.05, 0.1) is 0 Å². The summed E-state index contributed by atoms with van der Waals surface area (Å²) in [5, 5.41) is 0. The average Bonchev–Trinajstić information content (AvgIpc) is 3.33. The number of allylic oxidation sites excluding steroid dienone is 4. The van der Waals surface area contributed by atoms with Crippen molar-refractivity contribution in [2.75, 3.05) is 0 Å². The molecule has 0 atom stereocenters. The van der Waals surface area contributed by atoms with Gasteiger partial charge in [0, 0.05) is 0 Å². The van der Waals surface area contributed by atoms with Crippen molar-refractivity contribution in [3.05, 3.63) is 155 Å². The van der Waals surface area contributed by atoms with Crippen molar-refractivity contribution < 1.29 is 20.5 Å². The van der Waals surface area contributed by atoms with Gasteiger partial charge in [-0.3, -0.25) is 0 Å². The Morgan fingerprint density at radius 3 is 1.45 bits per heavy atom. The monoisotopic (exact) mass is 560 g/mol. The van der Waals surface area contributed by atoms with E-state index in [4.69, 9.17) is 9.59 Å². The Morgan fingerprint density at radius 1 is 0.429 bits per heavy atom. The number of carbonyl (C=O) groups is 2. The first kappa shape index (κ1) is 33.6. The third-order valence-corrected chi connectivity index (χ3v) is 8.05. The first-order chi connectivity index (χ1) is 19.7. The molecule has 0 aliphatic heterocycles. The highest BCUT2D eigenvalue weighted by Gasteiger charge is 2.16. The fourth-order valence-corrected chi connectivity index (χ4v) is 5.93. The molecule has 2 aliphatic rings. The maximum Gasteiger partial charge on any atom is 0.106 e. The van der Waals surface area contributed by atoms with Crippen LogP contribution in [0.5, 0.6) is 0 Å². The Labute approximate surface area is 249 Å². The van der Waals surface area contributed by atoms with Gasteiger partial charge in [-0.15, -0.1) is 0 Å². The number of hydrogen-bond donors (Lipinski definition) is 0. The molecule has 4 nitrogen and oxygen atoms in total. The van der Waals surface area contributed by atoms with Gasteiger partial charge in [-0.2, -0.15) is 0 Å². The second-order valence-corrected chi connectivity index (χ2v) is 10.1. The van der Waals surface area contributed by atoms with E-state index >= 15 is 0 Å². The first-order valence-corrected chi connectivity index (χ1v) is 13.7. The summed E-state index contributed by atoms with van der Waals surface area (Å²) in [4.78, 5) is 16.0. The topological polar surface area (TPSA) is 97.1 Å². The summed E-state index contributed by atoms with van der Waals surface area (Å²) in [6, 6.07) is 32.0. The van der Waals surface area contributed by atoms with Crippen LogP contribution in [0.2, 0.25) is 0 Å². The van der Waals surface area contributed by atoms with E-state index in [-0.39, 0.29) is 11.0 Å². The zero-order valence-corrected chi connectivity index (χ0v) is 24.1. The molecule has 0 aromatic heterocycles. The molecule has 4 N–H and O–H groups in total. The van der Waals surface area contributed by atoms with Crippen molar-refractivity contribution in [1.29, 1.82) is 0 Å². The van der Waals surface area contributed by atoms with Crippen LogP contribution in [0, 0.1) is 0 Å². The van der Waals surface area contributed by atoms with Gasteiger partial charge in [-0.05, 0) is 111 Å². The molecule has 0 heterocycles. The molecule has 4 aromatic rings. The van der Waals surface area contributed by atoms with E-state index in [1.165, 1.54) is 66.8 Å². The summed E-state index contributed by atoms with van der Waals surface area (Å²) in [6.45, 7) is 12.1. The standard InChI is InChI=1S/C36H32.2CH2O.2H2O/c1-3-25-12-14-34-23-32(17-16-31(34)20-26(25)4-2)29-10-7-11-30(22-29)33-18-19-36-21-28-9-6-5-8-27(28)13-15-35(36)24-33;2*1-2;;/h3-11,16-19,22-24H,1-2,12-15,20-21H2;2*1H2;2*1H2. The minimum absolute atomic E-state index is 0. The lowest BCUT2D eigenvalue weighted by atomic mass is 9.92. The van der Waals surface area contributed by atoms with Crippen molar-refractivity contribution in [1.82, 2.24) is 0 Å². The second kappa shape index (κ2) is 16.0. The fraction of sp³-hybridized carbons (Fsp3) is 0.158. The van der Waals surface area contributed by atoms with Gasteiger partial charge in [0.15, 0.2) is 0 Å². The number of aryl methyl sites for hydroxylation is 3. The summed E-state index contributed by atoms with van der Waals surface area (Å²) in [6.07, 6.45) is 10.3. The van der Waals surface area contributed by atoms with E-state index < -0.39 is 0 Å². The molecule has 0 saturated heterocycles. The number of rotatable bonds is 4. The fourth-order valence-electron chi connectivity index (χ4n) is 5.93. The molecule has 6 rings (SSSR count). The van der Waals surface area contributed by atoms with E-state index in [1.807, 2.05) is 25.7 Å². The van der Waals surface area contributed by atoms with E-state index in [9.17, 15) is 0 Å². The van der Waals surface area contributed by atoms with Gasteiger partial charge < -0.3 is 20.5 Å². The van der Waals surface area contributed by atoms with Gasteiger partial charge >= 0.3 is 0 Å². The first-order valence-electron chi connectivity index (χ1n) is 13.7. The van der Waals surface area contributed by atoms with Crippen molar-refractivity contribution >= 4 is 13.6 Å². The lowest BCUT2D eigenvalue weighted by Crippen LogP contribution is -1.94. The van der Waals surface area contributed by atoms with Crippen LogP contribution in [0.1, 0.15) is 39.8 Å². The van der Waals surface area contributed by atoms with Crippen molar-refractivity contribution in [2.24, 2.45) is 0 Å². The van der Waals surface area contributed by atoms with Crippen LogP contribution in [0.25, 0.3) is 22.3 Å². The van der Waals surface area contributed by atoms with Crippen molar-refractivity contribution in [2.45, 2.75) is 38.5 Å². The molecular weight excluding hydrogens is 520 g/mol. The molecule has 4 heteroatoms. The Kier molecular flexibility index (Phi) is 12.8. The third-order valence-electron chi connectivity index (χ3n) is 8.05. The van der Waals surface area contributed by atoms with E-state index in [2.05, 4.69) is 98.1 Å². The Bertz CT molecular complexity index is 1560. The number of benzene rings is 4. The smallest absolute Gasteiger partial charge is 0.106 e. The highest BCUT2D eigenvalue weighted by Crippen LogP contribution is 2.33. The predicted molar refractivity (Wildman–Crippen MR) is 175 cm³/mol. The van der Waals surface area contributed by atoms with E-state index in [0.717, 1.165) is 38.5 Å². The normalized spacial score (nSPS) is 12.8. The van der Waals surface area contributed by atoms with Crippen LogP contribution in [0.15, 0.2) is 121 Å². The molecular formula is C38H40O4. The molecule has 0 unspecified atom stereocenters. The van der Waals surface area contributed by atoms with Crippen LogP contribution < -0.4 is 0 Å². The highest BCUT2D eigenvalue weighted by molar-refractivity contribution is 5.74. The van der Waals surface area contributed by atoms with Crippen LogP contribution in [0.4, 0.5) is 0 Å². The highest BCUT2D eigenvalue weighted by atomic mass is 16.1. The van der Waals surface area contributed by atoms with Gasteiger partial charge in [0.25, 0.3) is 0 Å². The van der Waals surface area contributed by atoms with Gasteiger partial charge in [-0.1, -0.05) is 104 Å². The molecule has 0 fully saturated rings. The van der Waals surface area contributed by atoms with Crippen LogP contribution in [0.3, 0.4) is 0 Å². The van der Waals surface area contributed by atoms with Crippen LogP contribution >= 0.6 is 0 Å². The van der Waals surface area contributed by atoms with Crippen molar-refractivity contribution in [3.8, 4) is 22.3 Å². The maximum atomic E-state index is 8.00. The molecule has 0 spiro atoms. The average molecular weight is 561 g/mol. The summed E-state index contributed by atoms with van der Waals surface area (Å²) in [7, 11) is 0. The Morgan fingerprint density at radius 2 is 0.881 bits per heavy atom. The molecule has 0 amide bonds. The number of carbonyl (C=O) groups excluding carboxylic acids is 2. The van der Waals surface area contributed by atoms with Crippen molar-refractivity contribution in [3.63, 3.8) is 0 Å². The predicted octanol–water partition coefficient (Wildman–Crippen LogP) is 6.85. The number of fused-ring (bicyclic) bond motifs is 3. The Hall–Kier alpha value is -4.64. The quantitative estimate of drug-likeness (QED) is 0.273. The molecule has 42 heavy (non-hydrogen) atoms. The summed E-state index contributed by atoms with van der Waals surface area (Å²) >= 11 is 0. The van der Waals surface area contributed by atoms with E-state index in [1.54, 1.807) is 0 Å². The summed E-state index contributed by atoms with van der Waals surface area (Å²) in [5.74, 6) is 0. The van der Waals surface area contributed by atoms with E-state index in [0.29, 0.717) is 0 Å². The lowest BCUT2D eigenvalue weighted by Gasteiger charge is -2.12.